The standard InChI is InChI=1S/C12H14ClNOS/c1-3-8(2)15-7-12-14-10-6-9(13)4-5-11(10)16-12/h4-6,8H,3,7H2,1-2H3. The lowest BCUT2D eigenvalue weighted by Gasteiger charge is -2.07. The zero-order valence-corrected chi connectivity index (χ0v) is 10.9. The molecule has 16 heavy (non-hydrogen) atoms. The Morgan fingerprint density at radius 1 is 1.50 bits per heavy atom. The van der Waals surface area contributed by atoms with Crippen molar-refractivity contribution >= 4 is 33.2 Å². The van der Waals surface area contributed by atoms with Crippen LogP contribution in [0.4, 0.5) is 0 Å². The second-order valence-corrected chi connectivity index (χ2v) is 5.30. The molecule has 0 saturated heterocycles. The smallest absolute Gasteiger partial charge is 0.120 e. The molecule has 2 rings (SSSR count). The average Bonchev–Trinajstić information content (AvgIpc) is 2.67. The second-order valence-electron chi connectivity index (χ2n) is 3.75. The van der Waals surface area contributed by atoms with Crippen LogP contribution in [0.3, 0.4) is 0 Å². The van der Waals surface area contributed by atoms with Crippen molar-refractivity contribution in [3.8, 4) is 0 Å². The molecule has 1 aromatic heterocycles. The van der Waals surface area contributed by atoms with Gasteiger partial charge in [-0.05, 0) is 31.5 Å². The Labute approximate surface area is 104 Å². The molecule has 86 valence electrons. The molecule has 0 N–H and O–H groups in total. The fourth-order valence-corrected chi connectivity index (χ4v) is 2.38. The third-order valence-corrected chi connectivity index (χ3v) is 3.71. The Morgan fingerprint density at radius 3 is 3.06 bits per heavy atom. The first kappa shape index (κ1) is 11.8. The van der Waals surface area contributed by atoms with Gasteiger partial charge in [-0.25, -0.2) is 4.98 Å². The third-order valence-electron chi connectivity index (χ3n) is 2.46. The highest BCUT2D eigenvalue weighted by atomic mass is 35.5. The summed E-state index contributed by atoms with van der Waals surface area (Å²) in [7, 11) is 0. The molecule has 0 amide bonds. The highest BCUT2D eigenvalue weighted by Gasteiger charge is 2.06. The number of rotatable bonds is 4. The quantitative estimate of drug-likeness (QED) is 0.814. The molecule has 0 aliphatic rings. The number of thiazole rings is 1. The second kappa shape index (κ2) is 5.13. The highest BCUT2D eigenvalue weighted by Crippen LogP contribution is 2.25. The molecule has 2 aromatic rings. The Kier molecular flexibility index (Phi) is 3.79. The van der Waals surface area contributed by atoms with Crippen LogP contribution in [-0.4, -0.2) is 11.1 Å². The Hall–Kier alpha value is -0.640. The van der Waals surface area contributed by atoms with Crippen LogP contribution >= 0.6 is 22.9 Å². The van der Waals surface area contributed by atoms with Gasteiger partial charge in [-0.1, -0.05) is 18.5 Å². The molecule has 0 fully saturated rings. The van der Waals surface area contributed by atoms with Gasteiger partial charge in [0.1, 0.15) is 5.01 Å². The van der Waals surface area contributed by atoms with Crippen LogP contribution in [0.1, 0.15) is 25.3 Å². The molecule has 0 saturated carbocycles. The van der Waals surface area contributed by atoms with Gasteiger partial charge in [0.2, 0.25) is 0 Å². The summed E-state index contributed by atoms with van der Waals surface area (Å²) < 4.78 is 6.81. The summed E-state index contributed by atoms with van der Waals surface area (Å²) in [5, 5.41) is 1.74. The van der Waals surface area contributed by atoms with E-state index in [2.05, 4.69) is 18.8 Å². The summed E-state index contributed by atoms with van der Waals surface area (Å²) >= 11 is 7.57. The largest absolute Gasteiger partial charge is 0.371 e. The van der Waals surface area contributed by atoms with Crippen molar-refractivity contribution in [1.82, 2.24) is 4.98 Å². The van der Waals surface area contributed by atoms with E-state index in [0.717, 1.165) is 26.7 Å². The van der Waals surface area contributed by atoms with E-state index in [0.29, 0.717) is 6.61 Å². The molecule has 1 atom stereocenters. The Balaban J connectivity index is 2.13. The molecule has 0 aliphatic heterocycles. The summed E-state index contributed by atoms with van der Waals surface area (Å²) in [4.78, 5) is 4.49. The van der Waals surface area contributed by atoms with Crippen molar-refractivity contribution in [2.75, 3.05) is 0 Å². The third kappa shape index (κ3) is 2.73. The minimum Gasteiger partial charge on any atom is -0.371 e. The maximum Gasteiger partial charge on any atom is 0.120 e. The molecule has 4 heteroatoms. The lowest BCUT2D eigenvalue weighted by atomic mass is 10.3. The van der Waals surface area contributed by atoms with Crippen molar-refractivity contribution in [2.45, 2.75) is 33.0 Å². The zero-order chi connectivity index (χ0) is 11.5. The van der Waals surface area contributed by atoms with E-state index < -0.39 is 0 Å². The normalized spacial score (nSPS) is 13.2. The molecule has 1 unspecified atom stereocenters. The molecule has 2 nitrogen and oxygen atoms in total. The Morgan fingerprint density at radius 2 is 2.31 bits per heavy atom. The van der Waals surface area contributed by atoms with Gasteiger partial charge in [-0.2, -0.15) is 0 Å². The monoisotopic (exact) mass is 255 g/mol. The minimum absolute atomic E-state index is 0.288. The number of hydrogen-bond acceptors (Lipinski definition) is 3. The van der Waals surface area contributed by atoms with Crippen molar-refractivity contribution in [3.05, 3.63) is 28.2 Å². The SMILES string of the molecule is CCC(C)OCc1nc2cc(Cl)ccc2s1. The van der Waals surface area contributed by atoms with E-state index in [1.54, 1.807) is 11.3 Å². The van der Waals surface area contributed by atoms with Crippen molar-refractivity contribution in [3.63, 3.8) is 0 Å². The van der Waals surface area contributed by atoms with Gasteiger partial charge in [0.25, 0.3) is 0 Å². The molecule has 0 spiro atoms. The number of halogens is 1. The molecule has 1 heterocycles. The lowest BCUT2D eigenvalue weighted by molar-refractivity contribution is 0.0508. The molecule has 0 bridgehead atoms. The number of fused-ring (bicyclic) bond motifs is 1. The number of hydrogen-bond donors (Lipinski definition) is 0. The van der Waals surface area contributed by atoms with Gasteiger partial charge in [0.15, 0.2) is 0 Å². The van der Waals surface area contributed by atoms with Crippen molar-refractivity contribution in [1.29, 1.82) is 0 Å². The number of ether oxygens (including phenoxy) is 1. The van der Waals surface area contributed by atoms with Gasteiger partial charge < -0.3 is 4.74 Å². The summed E-state index contributed by atoms with van der Waals surface area (Å²) in [5.74, 6) is 0. The summed E-state index contributed by atoms with van der Waals surface area (Å²) in [6.45, 7) is 4.78. The van der Waals surface area contributed by atoms with E-state index >= 15 is 0 Å². The molecular formula is C12H14ClNOS. The maximum atomic E-state index is 5.91. The van der Waals surface area contributed by atoms with Crippen molar-refractivity contribution < 1.29 is 4.74 Å². The zero-order valence-electron chi connectivity index (χ0n) is 9.37. The van der Waals surface area contributed by atoms with E-state index in [1.165, 1.54) is 0 Å². The van der Waals surface area contributed by atoms with E-state index in [9.17, 15) is 0 Å². The first-order valence-electron chi connectivity index (χ1n) is 5.35. The number of aromatic nitrogens is 1. The van der Waals surface area contributed by atoms with Crippen LogP contribution in [0.25, 0.3) is 10.2 Å². The van der Waals surface area contributed by atoms with Gasteiger partial charge in [-0.15, -0.1) is 11.3 Å². The molecule has 0 aliphatic carbocycles. The first-order chi connectivity index (χ1) is 7.69. The van der Waals surface area contributed by atoms with E-state index in [1.807, 2.05) is 18.2 Å². The van der Waals surface area contributed by atoms with Crippen LogP contribution in [0.2, 0.25) is 5.02 Å². The lowest BCUT2D eigenvalue weighted by Crippen LogP contribution is -2.05. The van der Waals surface area contributed by atoms with Crippen LogP contribution in [0.15, 0.2) is 18.2 Å². The van der Waals surface area contributed by atoms with Crippen molar-refractivity contribution in [2.24, 2.45) is 0 Å². The van der Waals surface area contributed by atoms with Gasteiger partial charge in [0.05, 0.1) is 22.9 Å². The van der Waals surface area contributed by atoms with Gasteiger partial charge >= 0.3 is 0 Å². The average molecular weight is 256 g/mol. The Bertz CT molecular complexity index is 483. The van der Waals surface area contributed by atoms with Crippen LogP contribution in [-0.2, 0) is 11.3 Å². The molecule has 1 aromatic carbocycles. The maximum absolute atomic E-state index is 5.91. The molecule has 0 radical (unpaired) electrons. The fraction of sp³-hybridized carbons (Fsp3) is 0.417. The van der Waals surface area contributed by atoms with E-state index in [-0.39, 0.29) is 6.10 Å². The van der Waals surface area contributed by atoms with E-state index in [4.69, 9.17) is 16.3 Å². The van der Waals surface area contributed by atoms with Crippen LogP contribution in [0.5, 0.6) is 0 Å². The summed E-state index contributed by atoms with van der Waals surface area (Å²) in [6, 6.07) is 5.78. The van der Waals surface area contributed by atoms with Crippen LogP contribution in [0, 0.1) is 0 Å². The van der Waals surface area contributed by atoms with Gasteiger partial charge in [0, 0.05) is 5.02 Å². The minimum atomic E-state index is 0.288. The summed E-state index contributed by atoms with van der Waals surface area (Å²) in [5.41, 5.74) is 0.959. The predicted octanol–water partition coefficient (Wildman–Crippen LogP) is 4.26. The van der Waals surface area contributed by atoms with Gasteiger partial charge in [-0.3, -0.25) is 0 Å². The predicted molar refractivity (Wildman–Crippen MR) is 69.2 cm³/mol. The number of nitrogens with zero attached hydrogens (tertiary/aromatic N) is 1. The first-order valence-corrected chi connectivity index (χ1v) is 6.55. The fourth-order valence-electron chi connectivity index (χ4n) is 1.34. The number of benzene rings is 1. The van der Waals surface area contributed by atoms with Crippen LogP contribution < -0.4 is 0 Å². The highest BCUT2D eigenvalue weighted by molar-refractivity contribution is 7.18. The topological polar surface area (TPSA) is 22.1 Å². The molecular weight excluding hydrogens is 242 g/mol. The summed E-state index contributed by atoms with van der Waals surface area (Å²) in [6.07, 6.45) is 1.31.